The van der Waals surface area contributed by atoms with E-state index in [0.717, 1.165) is 25.7 Å². The van der Waals surface area contributed by atoms with Crippen molar-refractivity contribution in [1.29, 1.82) is 0 Å². The summed E-state index contributed by atoms with van der Waals surface area (Å²) in [6.07, 6.45) is 6.07. The summed E-state index contributed by atoms with van der Waals surface area (Å²) in [6.45, 7) is 6.37. The Labute approximate surface area is 135 Å². The quantitative estimate of drug-likeness (QED) is 0.676. The van der Waals surface area contributed by atoms with Gasteiger partial charge in [-0.15, -0.1) is 0 Å². The average Bonchev–Trinajstić information content (AvgIpc) is 2.44. The van der Waals surface area contributed by atoms with Gasteiger partial charge in [0.05, 0.1) is 5.60 Å². The van der Waals surface area contributed by atoms with Crippen LogP contribution >= 0.6 is 0 Å². The fourth-order valence-corrected chi connectivity index (χ4v) is 2.96. The van der Waals surface area contributed by atoms with Crippen LogP contribution in [0.2, 0.25) is 0 Å². The van der Waals surface area contributed by atoms with Gasteiger partial charge in [0.15, 0.2) is 0 Å². The van der Waals surface area contributed by atoms with E-state index in [9.17, 15) is 9.90 Å². The van der Waals surface area contributed by atoms with Gasteiger partial charge in [-0.25, -0.2) is 4.79 Å². The number of urea groups is 1. The van der Waals surface area contributed by atoms with Crippen molar-refractivity contribution in [2.75, 3.05) is 20.6 Å². The smallest absolute Gasteiger partial charge is 0.315 e. The highest BCUT2D eigenvalue weighted by Crippen LogP contribution is 2.21. The van der Waals surface area contributed by atoms with Crippen molar-refractivity contribution >= 4 is 6.03 Å². The fourth-order valence-electron chi connectivity index (χ4n) is 2.96. The van der Waals surface area contributed by atoms with Gasteiger partial charge < -0.3 is 20.6 Å². The van der Waals surface area contributed by atoms with Crippen LogP contribution in [0, 0.1) is 5.92 Å². The lowest BCUT2D eigenvalue weighted by atomic mass is 9.90. The van der Waals surface area contributed by atoms with Crippen LogP contribution in [-0.4, -0.2) is 54.4 Å². The highest BCUT2D eigenvalue weighted by atomic mass is 16.3. The van der Waals surface area contributed by atoms with Crippen LogP contribution in [0.25, 0.3) is 0 Å². The number of nitrogens with zero attached hydrogens (tertiary/aromatic N) is 1. The standard InChI is InChI=1S/C17H35N3O2/c1-13(2)9-10-17(3,22)12-18-16(21)19-14-7-6-8-15(11-14)20(4)5/h13-15,22H,6-12H2,1-5H3,(H2,18,19,21). The number of amides is 2. The highest BCUT2D eigenvalue weighted by molar-refractivity contribution is 5.74. The molecule has 1 rings (SSSR count). The van der Waals surface area contributed by atoms with Crippen LogP contribution in [-0.2, 0) is 0 Å². The first-order chi connectivity index (χ1) is 10.2. The minimum absolute atomic E-state index is 0.158. The van der Waals surface area contributed by atoms with E-state index in [0.29, 0.717) is 24.9 Å². The second-order valence-corrected chi connectivity index (χ2v) is 7.74. The van der Waals surface area contributed by atoms with E-state index < -0.39 is 5.60 Å². The van der Waals surface area contributed by atoms with Crippen LogP contribution in [0.3, 0.4) is 0 Å². The Bertz CT molecular complexity index is 343. The summed E-state index contributed by atoms with van der Waals surface area (Å²) in [5.41, 5.74) is -0.833. The molecule has 1 aliphatic carbocycles. The summed E-state index contributed by atoms with van der Waals surface area (Å²) >= 11 is 0. The summed E-state index contributed by atoms with van der Waals surface area (Å²) in [4.78, 5) is 14.3. The average molecular weight is 313 g/mol. The predicted molar refractivity (Wildman–Crippen MR) is 91.0 cm³/mol. The van der Waals surface area contributed by atoms with Gasteiger partial charge in [-0.3, -0.25) is 0 Å². The van der Waals surface area contributed by atoms with Gasteiger partial charge in [-0.05, 0) is 65.5 Å². The van der Waals surface area contributed by atoms with E-state index >= 15 is 0 Å². The molecule has 0 saturated heterocycles. The zero-order valence-corrected chi connectivity index (χ0v) is 15.0. The zero-order valence-electron chi connectivity index (χ0n) is 15.0. The maximum Gasteiger partial charge on any atom is 0.315 e. The first-order valence-corrected chi connectivity index (χ1v) is 8.63. The highest BCUT2D eigenvalue weighted by Gasteiger charge is 2.26. The molecular formula is C17H35N3O2. The van der Waals surface area contributed by atoms with Crippen LogP contribution < -0.4 is 10.6 Å². The van der Waals surface area contributed by atoms with Gasteiger partial charge in [0.25, 0.3) is 0 Å². The SMILES string of the molecule is CC(C)CCC(C)(O)CNC(=O)NC1CCCC(N(C)C)C1. The van der Waals surface area contributed by atoms with Crippen LogP contribution in [0.15, 0.2) is 0 Å². The molecular weight excluding hydrogens is 278 g/mol. The summed E-state index contributed by atoms with van der Waals surface area (Å²) in [5.74, 6) is 0.561. The van der Waals surface area contributed by atoms with Gasteiger partial charge in [-0.2, -0.15) is 0 Å². The maximum absolute atomic E-state index is 12.0. The molecule has 130 valence electrons. The van der Waals surface area contributed by atoms with Gasteiger partial charge >= 0.3 is 6.03 Å². The van der Waals surface area contributed by atoms with Crippen LogP contribution in [0.4, 0.5) is 4.79 Å². The molecule has 22 heavy (non-hydrogen) atoms. The zero-order chi connectivity index (χ0) is 16.8. The minimum atomic E-state index is -0.833. The predicted octanol–water partition coefficient (Wildman–Crippen LogP) is 2.35. The molecule has 1 aliphatic rings. The minimum Gasteiger partial charge on any atom is -0.388 e. The molecule has 1 fully saturated rings. The van der Waals surface area contributed by atoms with E-state index in [2.05, 4.69) is 43.5 Å². The molecule has 3 unspecified atom stereocenters. The lowest BCUT2D eigenvalue weighted by Crippen LogP contribution is -2.50. The Morgan fingerprint density at radius 2 is 2.05 bits per heavy atom. The largest absolute Gasteiger partial charge is 0.388 e. The van der Waals surface area contributed by atoms with E-state index in [1.54, 1.807) is 6.92 Å². The van der Waals surface area contributed by atoms with Gasteiger partial charge in [-0.1, -0.05) is 13.8 Å². The number of hydrogen-bond acceptors (Lipinski definition) is 3. The van der Waals surface area contributed by atoms with E-state index in [1.807, 2.05) is 0 Å². The maximum atomic E-state index is 12.0. The Balaban J connectivity index is 2.30. The van der Waals surface area contributed by atoms with Gasteiger partial charge in [0.1, 0.15) is 0 Å². The molecule has 1 saturated carbocycles. The summed E-state index contributed by atoms with van der Waals surface area (Å²) < 4.78 is 0. The molecule has 0 aromatic heterocycles. The third-order valence-corrected chi connectivity index (χ3v) is 4.60. The first-order valence-electron chi connectivity index (χ1n) is 8.63. The molecule has 0 spiro atoms. The topological polar surface area (TPSA) is 64.6 Å². The molecule has 0 aliphatic heterocycles. The Hall–Kier alpha value is -0.810. The molecule has 0 aromatic carbocycles. The van der Waals surface area contributed by atoms with Crippen molar-refractivity contribution in [3.8, 4) is 0 Å². The second kappa shape index (κ2) is 8.73. The van der Waals surface area contributed by atoms with E-state index in [1.165, 1.54) is 6.42 Å². The number of nitrogens with one attached hydrogen (secondary N) is 2. The normalized spacial score (nSPS) is 25.1. The summed E-state index contributed by atoms with van der Waals surface area (Å²) in [6, 6.07) is 0.629. The van der Waals surface area contributed by atoms with Crippen LogP contribution in [0.1, 0.15) is 59.3 Å². The molecule has 2 amide bonds. The number of hydrogen-bond donors (Lipinski definition) is 3. The van der Waals surface area contributed by atoms with E-state index in [-0.39, 0.29) is 12.1 Å². The van der Waals surface area contributed by atoms with Crippen molar-refractivity contribution in [3.63, 3.8) is 0 Å². The lowest BCUT2D eigenvalue weighted by Gasteiger charge is -2.34. The molecule has 3 N–H and O–H groups in total. The van der Waals surface area contributed by atoms with Crippen molar-refractivity contribution in [1.82, 2.24) is 15.5 Å². The molecule has 0 aromatic rings. The number of carbonyl (C=O) groups excluding carboxylic acids is 1. The number of carbonyl (C=O) groups is 1. The number of rotatable bonds is 7. The third-order valence-electron chi connectivity index (χ3n) is 4.60. The van der Waals surface area contributed by atoms with Crippen molar-refractivity contribution < 1.29 is 9.90 Å². The van der Waals surface area contributed by atoms with Crippen LogP contribution in [0.5, 0.6) is 0 Å². The molecule has 5 heteroatoms. The third kappa shape index (κ3) is 7.45. The summed E-state index contributed by atoms with van der Waals surface area (Å²) in [7, 11) is 4.19. The molecule has 0 radical (unpaired) electrons. The first kappa shape index (κ1) is 19.2. The van der Waals surface area contributed by atoms with Crippen molar-refractivity contribution in [3.05, 3.63) is 0 Å². The van der Waals surface area contributed by atoms with Gasteiger partial charge in [0, 0.05) is 18.6 Å². The van der Waals surface area contributed by atoms with Crippen molar-refractivity contribution in [2.45, 2.75) is 77.0 Å². The van der Waals surface area contributed by atoms with E-state index in [4.69, 9.17) is 0 Å². The second-order valence-electron chi connectivity index (χ2n) is 7.74. The Kier molecular flexibility index (Phi) is 7.63. The van der Waals surface area contributed by atoms with Crippen molar-refractivity contribution in [2.24, 2.45) is 5.92 Å². The summed E-state index contributed by atoms with van der Waals surface area (Å²) in [5, 5.41) is 16.2. The Morgan fingerprint density at radius 1 is 1.36 bits per heavy atom. The van der Waals surface area contributed by atoms with Gasteiger partial charge in [0.2, 0.25) is 0 Å². The molecule has 5 nitrogen and oxygen atoms in total. The molecule has 0 bridgehead atoms. The fraction of sp³-hybridized carbons (Fsp3) is 0.941. The molecule has 0 heterocycles. The number of aliphatic hydroxyl groups is 1. The lowest BCUT2D eigenvalue weighted by molar-refractivity contribution is 0.0474. The Morgan fingerprint density at radius 3 is 2.64 bits per heavy atom. The monoisotopic (exact) mass is 313 g/mol. The molecule has 3 atom stereocenters.